The summed E-state index contributed by atoms with van der Waals surface area (Å²) in [6, 6.07) is 11.9. The van der Waals surface area contributed by atoms with Crippen molar-refractivity contribution in [3.8, 4) is 5.75 Å². The lowest BCUT2D eigenvalue weighted by Crippen LogP contribution is -2.15. The zero-order chi connectivity index (χ0) is 16.1. The van der Waals surface area contributed by atoms with Crippen LogP contribution in [0.5, 0.6) is 5.75 Å². The van der Waals surface area contributed by atoms with E-state index in [1.54, 1.807) is 49.6 Å². The fraction of sp³-hybridized carbons (Fsp3) is 0.176. The highest BCUT2D eigenvalue weighted by molar-refractivity contribution is 6.30. The number of ether oxygens (including phenoxy) is 1. The van der Waals surface area contributed by atoms with Crippen LogP contribution in [-0.2, 0) is 11.2 Å². The molecule has 0 saturated carbocycles. The van der Waals surface area contributed by atoms with Crippen molar-refractivity contribution >= 4 is 29.0 Å². The minimum atomic E-state index is -0.184. The van der Waals surface area contributed by atoms with Gasteiger partial charge in [0.05, 0.1) is 13.5 Å². The van der Waals surface area contributed by atoms with Crippen LogP contribution in [0.15, 0.2) is 42.5 Å². The van der Waals surface area contributed by atoms with Crippen molar-refractivity contribution in [2.75, 3.05) is 12.4 Å². The van der Waals surface area contributed by atoms with Crippen LogP contribution in [-0.4, -0.2) is 18.8 Å². The van der Waals surface area contributed by atoms with Crippen LogP contribution in [0.3, 0.4) is 0 Å². The summed E-state index contributed by atoms with van der Waals surface area (Å²) in [6.07, 6.45) is 0.151. The highest BCUT2D eigenvalue weighted by Gasteiger charge is 2.10. The van der Waals surface area contributed by atoms with E-state index in [1.165, 1.54) is 6.92 Å². The van der Waals surface area contributed by atoms with E-state index in [9.17, 15) is 9.59 Å². The molecule has 5 heteroatoms. The molecule has 0 saturated heterocycles. The summed E-state index contributed by atoms with van der Waals surface area (Å²) < 4.78 is 5.22. The molecule has 0 aromatic heterocycles. The number of rotatable bonds is 5. The first-order valence-electron chi connectivity index (χ1n) is 6.73. The van der Waals surface area contributed by atoms with Gasteiger partial charge in [-0.05, 0) is 49.4 Å². The number of Topliss-reactive ketones (excluding diaryl/α,β-unsaturated/α-hetero) is 1. The molecular formula is C17H16ClNO3. The maximum absolute atomic E-state index is 12.1. The van der Waals surface area contributed by atoms with E-state index in [1.807, 2.05) is 0 Å². The molecule has 2 rings (SSSR count). The van der Waals surface area contributed by atoms with E-state index >= 15 is 0 Å². The molecule has 0 spiro atoms. The van der Waals surface area contributed by atoms with Crippen molar-refractivity contribution in [1.29, 1.82) is 0 Å². The normalized spacial score (nSPS) is 10.1. The Morgan fingerprint density at radius 3 is 2.41 bits per heavy atom. The molecule has 1 N–H and O–H groups in total. The predicted octanol–water partition coefficient (Wildman–Crippen LogP) is 3.73. The number of methoxy groups -OCH3 is 1. The van der Waals surface area contributed by atoms with Gasteiger partial charge < -0.3 is 10.1 Å². The smallest absolute Gasteiger partial charge is 0.228 e. The van der Waals surface area contributed by atoms with Crippen molar-refractivity contribution in [3.63, 3.8) is 0 Å². The van der Waals surface area contributed by atoms with E-state index in [4.69, 9.17) is 16.3 Å². The average Bonchev–Trinajstić information content (AvgIpc) is 2.48. The Morgan fingerprint density at radius 1 is 1.14 bits per heavy atom. The maximum Gasteiger partial charge on any atom is 0.228 e. The number of ketones is 1. The summed E-state index contributed by atoms with van der Waals surface area (Å²) in [4.78, 5) is 23.3. The van der Waals surface area contributed by atoms with Crippen molar-refractivity contribution < 1.29 is 14.3 Å². The van der Waals surface area contributed by atoms with Crippen molar-refractivity contribution in [2.24, 2.45) is 0 Å². The van der Waals surface area contributed by atoms with Crippen LogP contribution in [0.2, 0.25) is 5.02 Å². The van der Waals surface area contributed by atoms with Gasteiger partial charge >= 0.3 is 0 Å². The minimum absolute atomic E-state index is 0.0125. The summed E-state index contributed by atoms with van der Waals surface area (Å²) in [5, 5.41) is 3.33. The van der Waals surface area contributed by atoms with E-state index in [-0.39, 0.29) is 18.1 Å². The molecule has 4 nitrogen and oxygen atoms in total. The van der Waals surface area contributed by atoms with Gasteiger partial charge in [0, 0.05) is 21.8 Å². The summed E-state index contributed by atoms with van der Waals surface area (Å²) in [5.74, 6) is 0.421. The molecule has 2 aromatic carbocycles. The molecule has 0 bridgehead atoms. The van der Waals surface area contributed by atoms with Crippen molar-refractivity contribution in [2.45, 2.75) is 13.3 Å². The molecule has 0 heterocycles. The van der Waals surface area contributed by atoms with Gasteiger partial charge in [-0.2, -0.15) is 0 Å². The van der Waals surface area contributed by atoms with Crippen molar-refractivity contribution in [1.82, 2.24) is 0 Å². The SMILES string of the molecule is COc1ccc(Cl)cc1CC(=O)Nc1ccc(C(C)=O)cc1. The van der Waals surface area contributed by atoms with Crippen LogP contribution in [0.1, 0.15) is 22.8 Å². The van der Waals surface area contributed by atoms with Gasteiger partial charge in [0.25, 0.3) is 0 Å². The molecule has 22 heavy (non-hydrogen) atoms. The fourth-order valence-corrected chi connectivity index (χ4v) is 2.25. The molecule has 0 aliphatic rings. The van der Waals surface area contributed by atoms with Gasteiger partial charge in [-0.25, -0.2) is 0 Å². The molecule has 114 valence electrons. The molecular weight excluding hydrogens is 302 g/mol. The molecule has 0 unspecified atom stereocenters. The van der Waals surface area contributed by atoms with E-state index in [0.29, 0.717) is 27.6 Å². The van der Waals surface area contributed by atoms with E-state index in [2.05, 4.69) is 5.32 Å². The first kappa shape index (κ1) is 16.0. The predicted molar refractivity (Wildman–Crippen MR) is 86.8 cm³/mol. The van der Waals surface area contributed by atoms with Gasteiger partial charge in [-0.3, -0.25) is 9.59 Å². The van der Waals surface area contributed by atoms with Crippen molar-refractivity contribution in [3.05, 3.63) is 58.6 Å². The first-order chi connectivity index (χ1) is 10.5. The zero-order valence-electron chi connectivity index (χ0n) is 12.4. The Balaban J connectivity index is 2.07. The Bertz CT molecular complexity index is 696. The molecule has 1 amide bonds. The summed E-state index contributed by atoms with van der Waals surface area (Å²) in [7, 11) is 1.55. The third-order valence-electron chi connectivity index (χ3n) is 3.17. The standard InChI is InChI=1S/C17H16ClNO3/c1-11(20)12-3-6-15(7-4-12)19-17(21)10-13-9-14(18)5-8-16(13)22-2/h3-9H,10H2,1-2H3,(H,19,21). The lowest BCUT2D eigenvalue weighted by Gasteiger charge is -2.10. The second-order valence-corrected chi connectivity index (χ2v) is 5.25. The highest BCUT2D eigenvalue weighted by Crippen LogP contribution is 2.23. The second-order valence-electron chi connectivity index (χ2n) is 4.81. The highest BCUT2D eigenvalue weighted by atomic mass is 35.5. The number of nitrogens with one attached hydrogen (secondary N) is 1. The van der Waals surface area contributed by atoms with Crippen LogP contribution >= 0.6 is 11.6 Å². The Labute approximate surface area is 134 Å². The lowest BCUT2D eigenvalue weighted by molar-refractivity contribution is -0.115. The number of halogens is 1. The van der Waals surface area contributed by atoms with Crippen LogP contribution < -0.4 is 10.1 Å². The second kappa shape index (κ2) is 7.09. The number of carbonyl (C=O) groups excluding carboxylic acids is 2. The zero-order valence-corrected chi connectivity index (χ0v) is 13.1. The largest absolute Gasteiger partial charge is 0.496 e. The summed E-state index contributed by atoms with van der Waals surface area (Å²) in [5.41, 5.74) is 1.96. The number of carbonyl (C=O) groups is 2. The van der Waals surface area contributed by atoms with Crippen LogP contribution in [0.4, 0.5) is 5.69 Å². The number of benzene rings is 2. The fourth-order valence-electron chi connectivity index (χ4n) is 2.05. The average molecular weight is 318 g/mol. The number of anilines is 1. The number of hydrogen-bond acceptors (Lipinski definition) is 3. The van der Waals surface area contributed by atoms with Gasteiger partial charge in [0.15, 0.2) is 5.78 Å². The topological polar surface area (TPSA) is 55.4 Å². The minimum Gasteiger partial charge on any atom is -0.496 e. The molecule has 0 atom stereocenters. The van der Waals surface area contributed by atoms with E-state index in [0.717, 1.165) is 0 Å². The van der Waals surface area contributed by atoms with Crippen LogP contribution in [0, 0.1) is 0 Å². The van der Waals surface area contributed by atoms with Gasteiger partial charge in [0.2, 0.25) is 5.91 Å². The monoisotopic (exact) mass is 317 g/mol. The Morgan fingerprint density at radius 2 is 1.82 bits per heavy atom. The molecule has 2 aromatic rings. The van der Waals surface area contributed by atoms with Gasteiger partial charge in [0.1, 0.15) is 5.75 Å². The van der Waals surface area contributed by atoms with Crippen LogP contribution in [0.25, 0.3) is 0 Å². The van der Waals surface area contributed by atoms with Gasteiger partial charge in [-0.15, -0.1) is 0 Å². The lowest BCUT2D eigenvalue weighted by atomic mass is 10.1. The number of hydrogen-bond donors (Lipinski definition) is 1. The third-order valence-corrected chi connectivity index (χ3v) is 3.40. The quantitative estimate of drug-likeness (QED) is 0.855. The molecule has 0 radical (unpaired) electrons. The van der Waals surface area contributed by atoms with Gasteiger partial charge in [-0.1, -0.05) is 11.6 Å². The Kier molecular flexibility index (Phi) is 5.17. The Hall–Kier alpha value is -2.33. The summed E-state index contributed by atoms with van der Waals surface area (Å²) >= 11 is 5.95. The first-order valence-corrected chi connectivity index (χ1v) is 7.10. The molecule has 0 aliphatic carbocycles. The maximum atomic E-state index is 12.1. The summed E-state index contributed by atoms with van der Waals surface area (Å²) in [6.45, 7) is 1.50. The molecule has 0 aliphatic heterocycles. The number of amides is 1. The third kappa shape index (κ3) is 4.09. The molecule has 0 fully saturated rings. The van der Waals surface area contributed by atoms with E-state index < -0.39 is 0 Å².